The fourth-order valence-electron chi connectivity index (χ4n) is 1.75. The Bertz CT molecular complexity index is 177. The number of ether oxygens (including phenoxy) is 1. The number of hydrogen-bond acceptors (Lipinski definition) is 3. The molecule has 1 aliphatic heterocycles. The van der Waals surface area contributed by atoms with Crippen LogP contribution in [0.3, 0.4) is 0 Å². The molecule has 0 spiro atoms. The van der Waals surface area contributed by atoms with Crippen LogP contribution in [0, 0.1) is 0 Å². The van der Waals surface area contributed by atoms with E-state index in [2.05, 4.69) is 0 Å². The summed E-state index contributed by atoms with van der Waals surface area (Å²) in [7, 11) is 0. The van der Waals surface area contributed by atoms with Crippen LogP contribution in [-0.2, 0) is 9.53 Å². The van der Waals surface area contributed by atoms with Crippen LogP contribution in [0.15, 0.2) is 0 Å². The van der Waals surface area contributed by atoms with Gasteiger partial charge in [-0.05, 0) is 25.8 Å². The number of hydrogen-bond donors (Lipinski definition) is 1. The minimum absolute atomic E-state index is 0.275. The third-order valence-electron chi connectivity index (χ3n) is 2.67. The lowest BCUT2D eigenvalue weighted by atomic mass is 10.2. The molecule has 1 fully saturated rings. The maximum Gasteiger partial charge on any atom is 0.222 e. The zero-order valence-corrected chi connectivity index (χ0v) is 9.41. The number of carbonyl (C=O) groups is 1. The van der Waals surface area contributed by atoms with Gasteiger partial charge in [0.05, 0.1) is 6.61 Å². The monoisotopic (exact) mass is 214 g/mol. The van der Waals surface area contributed by atoms with Crippen LogP contribution in [0.1, 0.15) is 32.1 Å². The van der Waals surface area contributed by atoms with Crippen LogP contribution in [0.25, 0.3) is 0 Å². The minimum atomic E-state index is 0.275. The largest absolute Gasteiger partial charge is 0.380 e. The van der Waals surface area contributed by atoms with Crippen LogP contribution in [-0.4, -0.2) is 43.7 Å². The third-order valence-corrected chi connectivity index (χ3v) is 2.67. The molecule has 1 heterocycles. The summed E-state index contributed by atoms with van der Waals surface area (Å²) in [5.74, 6) is 0.275. The molecule has 0 aromatic rings. The van der Waals surface area contributed by atoms with Gasteiger partial charge in [-0.2, -0.15) is 0 Å². The Labute approximate surface area is 91.8 Å². The maximum absolute atomic E-state index is 11.8. The van der Waals surface area contributed by atoms with Crippen molar-refractivity contribution in [2.75, 3.05) is 32.8 Å². The highest BCUT2D eigenvalue weighted by Gasteiger charge is 2.14. The maximum atomic E-state index is 11.8. The summed E-state index contributed by atoms with van der Waals surface area (Å²) in [6, 6.07) is 0. The summed E-state index contributed by atoms with van der Waals surface area (Å²) in [5, 5.41) is 0. The first kappa shape index (κ1) is 12.5. The molecular formula is C11H22N2O2. The second kappa shape index (κ2) is 7.65. The number of rotatable bonds is 5. The Morgan fingerprint density at radius 1 is 1.20 bits per heavy atom. The molecule has 0 unspecified atom stereocenters. The lowest BCUT2D eigenvalue weighted by Gasteiger charge is -2.19. The van der Waals surface area contributed by atoms with Crippen LogP contribution in [0.5, 0.6) is 0 Å². The molecule has 2 N–H and O–H groups in total. The van der Waals surface area contributed by atoms with Gasteiger partial charge in [0.1, 0.15) is 0 Å². The van der Waals surface area contributed by atoms with Crippen molar-refractivity contribution in [1.82, 2.24) is 4.90 Å². The summed E-state index contributed by atoms with van der Waals surface area (Å²) in [4.78, 5) is 13.7. The number of carbonyl (C=O) groups excluding carboxylic acids is 1. The van der Waals surface area contributed by atoms with Crippen molar-refractivity contribution in [3.8, 4) is 0 Å². The lowest BCUT2D eigenvalue weighted by molar-refractivity contribution is -0.131. The molecule has 0 aromatic heterocycles. The van der Waals surface area contributed by atoms with Gasteiger partial charge < -0.3 is 15.4 Å². The van der Waals surface area contributed by atoms with Gasteiger partial charge in [0.25, 0.3) is 0 Å². The molecule has 4 heteroatoms. The van der Waals surface area contributed by atoms with Crippen LogP contribution in [0.2, 0.25) is 0 Å². The van der Waals surface area contributed by atoms with Crippen molar-refractivity contribution in [2.24, 2.45) is 5.73 Å². The van der Waals surface area contributed by atoms with Gasteiger partial charge in [-0.3, -0.25) is 4.79 Å². The van der Waals surface area contributed by atoms with Crippen molar-refractivity contribution in [3.05, 3.63) is 0 Å². The van der Waals surface area contributed by atoms with Crippen LogP contribution >= 0.6 is 0 Å². The van der Waals surface area contributed by atoms with Gasteiger partial charge >= 0.3 is 0 Å². The van der Waals surface area contributed by atoms with Crippen LogP contribution in [0.4, 0.5) is 0 Å². The first-order valence-electron chi connectivity index (χ1n) is 5.90. The molecule has 88 valence electrons. The Hall–Kier alpha value is -0.610. The molecule has 0 bridgehead atoms. The van der Waals surface area contributed by atoms with Gasteiger partial charge in [0, 0.05) is 26.1 Å². The minimum Gasteiger partial charge on any atom is -0.380 e. The molecule has 0 aliphatic carbocycles. The molecule has 15 heavy (non-hydrogen) atoms. The molecule has 0 atom stereocenters. The predicted octanol–water partition coefficient (Wildman–Crippen LogP) is 0.754. The van der Waals surface area contributed by atoms with Crippen molar-refractivity contribution in [1.29, 1.82) is 0 Å². The Balaban J connectivity index is 2.14. The number of amides is 1. The summed E-state index contributed by atoms with van der Waals surface area (Å²) in [5.41, 5.74) is 5.40. The van der Waals surface area contributed by atoms with E-state index in [1.165, 1.54) is 0 Å². The van der Waals surface area contributed by atoms with Gasteiger partial charge in [-0.15, -0.1) is 0 Å². The number of unbranched alkanes of at least 4 members (excludes halogenated alkanes) is 2. The standard InChI is InChI=1S/C11H22N2O2/c12-6-3-1-2-5-11(14)13-7-4-9-15-10-8-13/h1-10,12H2. The SMILES string of the molecule is NCCCCCC(=O)N1CCCOCC1. The van der Waals surface area contributed by atoms with Crippen molar-refractivity contribution in [2.45, 2.75) is 32.1 Å². The highest BCUT2D eigenvalue weighted by atomic mass is 16.5. The highest BCUT2D eigenvalue weighted by molar-refractivity contribution is 5.76. The van der Waals surface area contributed by atoms with E-state index < -0.39 is 0 Å². The molecule has 1 amide bonds. The van der Waals surface area contributed by atoms with Gasteiger partial charge in [-0.25, -0.2) is 0 Å². The summed E-state index contributed by atoms with van der Waals surface area (Å²) in [6.07, 6.45) is 4.69. The van der Waals surface area contributed by atoms with Gasteiger partial charge in [0.2, 0.25) is 5.91 Å². The molecule has 1 saturated heterocycles. The van der Waals surface area contributed by atoms with E-state index in [4.69, 9.17) is 10.5 Å². The molecule has 0 saturated carbocycles. The van der Waals surface area contributed by atoms with Crippen molar-refractivity contribution < 1.29 is 9.53 Å². The quantitative estimate of drug-likeness (QED) is 0.687. The molecule has 4 nitrogen and oxygen atoms in total. The number of nitrogens with two attached hydrogens (primary N) is 1. The zero-order valence-electron chi connectivity index (χ0n) is 9.41. The van der Waals surface area contributed by atoms with E-state index in [9.17, 15) is 4.79 Å². The van der Waals surface area contributed by atoms with Crippen LogP contribution < -0.4 is 5.73 Å². The van der Waals surface area contributed by atoms with Crippen molar-refractivity contribution in [3.63, 3.8) is 0 Å². The fraction of sp³-hybridized carbons (Fsp3) is 0.909. The Morgan fingerprint density at radius 2 is 2.07 bits per heavy atom. The Kier molecular flexibility index (Phi) is 6.36. The molecule has 0 radical (unpaired) electrons. The second-order valence-electron chi connectivity index (χ2n) is 3.95. The topological polar surface area (TPSA) is 55.6 Å². The highest BCUT2D eigenvalue weighted by Crippen LogP contribution is 2.06. The van der Waals surface area contributed by atoms with E-state index in [0.29, 0.717) is 13.0 Å². The second-order valence-corrected chi connectivity index (χ2v) is 3.95. The smallest absolute Gasteiger partial charge is 0.222 e. The lowest BCUT2D eigenvalue weighted by Crippen LogP contribution is -2.32. The van der Waals surface area contributed by atoms with E-state index >= 15 is 0 Å². The molecule has 1 aliphatic rings. The first-order chi connectivity index (χ1) is 7.34. The Morgan fingerprint density at radius 3 is 2.87 bits per heavy atom. The van der Waals surface area contributed by atoms with E-state index in [1.807, 2.05) is 4.90 Å². The van der Waals surface area contributed by atoms with Gasteiger partial charge in [0.15, 0.2) is 0 Å². The molecule has 0 aromatic carbocycles. The number of nitrogens with zero attached hydrogens (tertiary/aromatic N) is 1. The van der Waals surface area contributed by atoms with E-state index in [0.717, 1.165) is 51.9 Å². The average molecular weight is 214 g/mol. The summed E-state index contributed by atoms with van der Waals surface area (Å²) in [6.45, 7) is 3.82. The normalized spacial score (nSPS) is 17.5. The van der Waals surface area contributed by atoms with E-state index in [1.54, 1.807) is 0 Å². The molecule has 1 rings (SSSR count). The summed E-state index contributed by atoms with van der Waals surface area (Å²) < 4.78 is 5.31. The summed E-state index contributed by atoms with van der Waals surface area (Å²) >= 11 is 0. The van der Waals surface area contributed by atoms with E-state index in [-0.39, 0.29) is 5.91 Å². The van der Waals surface area contributed by atoms with Gasteiger partial charge in [-0.1, -0.05) is 6.42 Å². The average Bonchev–Trinajstić information content (AvgIpc) is 2.52. The molecular weight excluding hydrogens is 192 g/mol. The van der Waals surface area contributed by atoms with Crippen molar-refractivity contribution >= 4 is 5.91 Å². The third kappa shape index (κ3) is 5.14. The fourth-order valence-corrected chi connectivity index (χ4v) is 1.75. The zero-order chi connectivity index (χ0) is 10.9. The first-order valence-corrected chi connectivity index (χ1v) is 5.90. The predicted molar refractivity (Wildman–Crippen MR) is 59.5 cm³/mol.